The van der Waals surface area contributed by atoms with Crippen LogP contribution in [-0.4, -0.2) is 203 Å². The molecule has 8 rings (SSSR count). The Kier molecular flexibility index (Phi) is 18.8. The number of aromatic nitrogens is 2. The Morgan fingerprint density at radius 1 is 1.03 bits per heavy atom. The molecule has 0 aliphatic carbocycles. The van der Waals surface area contributed by atoms with Crippen LogP contribution in [0, 0.1) is 0 Å². The van der Waals surface area contributed by atoms with E-state index in [-0.39, 0.29) is 54.2 Å². The summed E-state index contributed by atoms with van der Waals surface area (Å²) in [5.74, 6) is -6.02. The van der Waals surface area contributed by atoms with Crippen molar-refractivity contribution in [3.8, 4) is 5.75 Å². The number of aliphatic hydroxyl groups excluding tert-OH is 1. The van der Waals surface area contributed by atoms with Gasteiger partial charge in [-0.1, -0.05) is 5.16 Å². The minimum Gasteiger partial charge on any atom is -0.503 e. The lowest BCUT2D eigenvalue weighted by Gasteiger charge is -2.44. The number of oxime groups is 1. The third-order valence-electron chi connectivity index (χ3n) is 11.4. The quantitative estimate of drug-likeness (QED) is 0.0189. The summed E-state index contributed by atoms with van der Waals surface area (Å²) < 4.78 is 42.1. The molecular weight excluding hydrogens is 1100 g/mol. The predicted molar refractivity (Wildman–Crippen MR) is 261 cm³/mol. The van der Waals surface area contributed by atoms with E-state index in [0.29, 0.717) is 38.6 Å². The topological polar surface area (TPSA) is 532 Å². The van der Waals surface area contributed by atoms with E-state index in [0.717, 1.165) is 23.6 Å². The lowest BCUT2D eigenvalue weighted by Crippen LogP contribution is -2.72. The van der Waals surface area contributed by atoms with E-state index in [2.05, 4.69) is 36.1 Å². The number of β-lactam (4-membered cyclic amide) rings is 3. The Morgan fingerprint density at radius 2 is 1.71 bits per heavy atom. The third-order valence-corrected chi connectivity index (χ3v) is 13.0. The van der Waals surface area contributed by atoms with Gasteiger partial charge in [0.1, 0.15) is 41.9 Å². The molecule has 5 aliphatic rings. The van der Waals surface area contributed by atoms with Crippen LogP contribution in [0.15, 0.2) is 63.7 Å². The molecule has 3 aromatic rings. The number of hydroxylamine groups is 2. The number of nitrogens with two attached hydrogens (primary N) is 3. The van der Waals surface area contributed by atoms with Crippen molar-refractivity contribution in [3.63, 3.8) is 0 Å². The molecule has 426 valence electrons. The molecule has 79 heavy (non-hydrogen) atoms. The van der Waals surface area contributed by atoms with Crippen LogP contribution in [-0.2, 0) is 64.8 Å². The molecule has 0 spiro atoms. The van der Waals surface area contributed by atoms with Gasteiger partial charge in [-0.15, -0.1) is 11.3 Å². The van der Waals surface area contributed by atoms with Crippen molar-refractivity contribution in [2.75, 3.05) is 55.8 Å². The lowest BCUT2D eigenvalue weighted by molar-refractivity contribution is -0.240. The van der Waals surface area contributed by atoms with E-state index in [1.54, 1.807) is 24.3 Å². The average Bonchev–Trinajstić information content (AvgIpc) is 4.16. The van der Waals surface area contributed by atoms with E-state index in [4.69, 9.17) is 51.5 Å². The summed E-state index contributed by atoms with van der Waals surface area (Å²) in [7, 11) is -4.62. The highest BCUT2D eigenvalue weighted by Gasteiger charge is 2.60. The highest BCUT2D eigenvalue weighted by atomic mass is 32.2. The Morgan fingerprint density at radius 3 is 2.29 bits per heavy atom. The van der Waals surface area contributed by atoms with Gasteiger partial charge >= 0.3 is 40.4 Å². The first-order valence-electron chi connectivity index (χ1n) is 22.6. The molecule has 5 fully saturated rings. The van der Waals surface area contributed by atoms with Crippen molar-refractivity contribution in [2.45, 2.75) is 55.9 Å². The second-order valence-electron chi connectivity index (χ2n) is 16.5. The molecule has 0 unspecified atom stereocenters. The maximum Gasteiger partial charge on any atom is 0.404 e. The number of anilines is 3. The molecule has 0 bridgehead atoms. The number of urea groups is 2. The fourth-order valence-electron chi connectivity index (χ4n) is 7.82. The monoisotopic (exact) mass is 1150 g/mol. The van der Waals surface area contributed by atoms with Gasteiger partial charge in [0, 0.05) is 42.5 Å². The molecule has 7 heterocycles. The number of aliphatic hydroxyl groups is 1. The number of carbonyl (C=O) groups is 9. The number of amides is 9. The molecule has 9 amide bonds. The number of aromatic hydroxyl groups is 1. The van der Waals surface area contributed by atoms with Gasteiger partial charge in [-0.3, -0.25) is 38.3 Å². The zero-order valence-corrected chi connectivity index (χ0v) is 42.0. The molecule has 5 saturated heterocycles. The summed E-state index contributed by atoms with van der Waals surface area (Å²) in [6.07, 6.45) is 0.823. The number of hydrogen-bond donors (Lipinski definition) is 13. The minimum atomic E-state index is -4.62. The third kappa shape index (κ3) is 14.0. The number of carbonyl (C=O) groups excluding carboxylic acids is 7. The van der Waals surface area contributed by atoms with E-state index < -0.39 is 131 Å². The number of ether oxygens (including phenoxy) is 2. The Hall–Kier alpha value is -9.37. The van der Waals surface area contributed by atoms with E-state index in [1.165, 1.54) is 21.3 Å². The van der Waals surface area contributed by atoms with Crippen molar-refractivity contribution in [1.29, 1.82) is 0 Å². The number of carboxylic acids is 2. The van der Waals surface area contributed by atoms with E-state index >= 15 is 0 Å². The maximum absolute atomic E-state index is 13.0. The van der Waals surface area contributed by atoms with Gasteiger partial charge in [-0.25, -0.2) is 38.3 Å². The predicted octanol–water partition coefficient (Wildman–Crippen LogP) is -4.15. The van der Waals surface area contributed by atoms with Gasteiger partial charge in [-0.2, -0.15) is 13.1 Å². The average molecular weight is 1150 g/mol. The van der Waals surface area contributed by atoms with Crippen molar-refractivity contribution < 1.29 is 101 Å². The van der Waals surface area contributed by atoms with E-state index in [1.807, 2.05) is 0 Å². The number of primary amides is 1. The molecule has 36 nitrogen and oxygen atoms in total. The number of fused-ring (bicyclic) bond motifs is 2. The number of nitrogens with zero attached hydrogens (tertiary/aromatic N) is 7. The summed E-state index contributed by atoms with van der Waals surface area (Å²) >= 11 is 0.962. The summed E-state index contributed by atoms with van der Waals surface area (Å²) in [5, 5.41) is 61.2. The normalized spacial score (nSPS) is 21.2. The van der Waals surface area contributed by atoms with Crippen LogP contribution in [0.2, 0.25) is 0 Å². The number of aliphatic carboxylic acids is 2. The van der Waals surface area contributed by atoms with E-state index in [9.17, 15) is 66.7 Å². The molecule has 38 heteroatoms. The summed E-state index contributed by atoms with van der Waals surface area (Å²) in [4.78, 5) is 133. The van der Waals surface area contributed by atoms with Crippen molar-refractivity contribution >= 4 is 97.6 Å². The van der Waals surface area contributed by atoms with Crippen LogP contribution in [0.4, 0.5) is 30.9 Å². The zero-order chi connectivity index (χ0) is 58.0. The fraction of sp³-hybridized carbons (Fsp3) is 0.366. The number of pyridine rings is 1. The smallest absolute Gasteiger partial charge is 0.404 e. The number of nitrogen functional groups attached to an aromatic ring is 1. The number of benzene rings is 1. The highest BCUT2D eigenvalue weighted by molar-refractivity contribution is 7.84. The molecule has 2 aromatic heterocycles. The van der Waals surface area contributed by atoms with Crippen molar-refractivity contribution in [2.24, 2.45) is 16.6 Å². The van der Waals surface area contributed by atoms with Gasteiger partial charge in [0.2, 0.25) is 11.3 Å². The first-order chi connectivity index (χ1) is 37.3. The summed E-state index contributed by atoms with van der Waals surface area (Å²) in [6, 6.07) is 1.01. The zero-order valence-electron chi connectivity index (χ0n) is 40.3. The summed E-state index contributed by atoms with van der Waals surface area (Å²) in [5.41, 5.74) is 15.3. The van der Waals surface area contributed by atoms with Crippen LogP contribution in [0.3, 0.4) is 0 Å². The SMILES string of the molecule is NC(=O)OC[C@@H]1[C@H](NC(=O)/C(=N\OCc2cc(=O)c(O)cn2O)c2csc(N)n2)C(=O)N1OCC(=O)O.NCCNC(=O)Nc1ccc(NC(=O)N2CC[C@@H]3[C@H]2C(=O)N3S(=O)(=O)O)cc1.O=C(O)[C@H]1/C(=C/CO)O[C@@H]2CC(=O)N21. The van der Waals surface area contributed by atoms with Gasteiger partial charge < -0.3 is 83.3 Å². The standard InChI is InChI=1S/C18H19N7O11S.C15H20N6O6S.C8H9NO5/c19-17-21-8(6-37-17)13(23-35-3-7-1-10(26)11(27)2-24(7)33)15(30)22-14-9(4-34-18(20)32)25(16(14)31)36-5-12(28)29;16-6-7-17-14(23)18-9-1-3-10(4-2-9)19-15(24)20-8-5-11-12(20)13(22)21(11)28(25,26)27;10-2-1-4-7(8(12)13)9-5(11)3-6(9)14-4/h1-2,6,9,14,27,33H,3-5H2,(H2,19,21)(H2,20,32)(H,22,30)(H,28,29);1-4,11-12H,5-8,16H2,(H,19,24)(H2,17,18,23)(H,25,26,27);1,6-7,10H,2-3H2,(H,12,13)/b23-13-;;4-1-/t9-,14+;11-,12+;6-,7-/m111/s1. The lowest BCUT2D eigenvalue weighted by atomic mass is 9.98. The number of rotatable bonds is 18. The van der Waals surface area contributed by atoms with Gasteiger partial charge in [-0.05, 0) is 36.8 Å². The number of thiazole rings is 1. The number of likely N-dealkylation sites (tertiary alicyclic amines) is 1. The van der Waals surface area contributed by atoms with Gasteiger partial charge in [0.15, 0.2) is 42.1 Å². The van der Waals surface area contributed by atoms with Gasteiger partial charge in [0.05, 0.1) is 25.3 Å². The van der Waals surface area contributed by atoms with Crippen LogP contribution in [0.25, 0.3) is 0 Å². The van der Waals surface area contributed by atoms with Crippen molar-refractivity contribution in [3.05, 3.63) is 75.4 Å². The Bertz CT molecular complexity index is 3120. The molecule has 0 radical (unpaired) electrons. The molecule has 1 aromatic carbocycles. The molecule has 16 N–H and O–H groups in total. The first kappa shape index (κ1) is 58.9. The Labute approximate surface area is 446 Å². The number of hydrogen-bond acceptors (Lipinski definition) is 24. The van der Waals surface area contributed by atoms with Crippen LogP contribution in [0.5, 0.6) is 5.75 Å². The Balaban J connectivity index is 0.000000210. The van der Waals surface area contributed by atoms with Crippen molar-refractivity contribution in [1.82, 2.24) is 39.5 Å². The van der Waals surface area contributed by atoms with Crippen LogP contribution in [0.1, 0.15) is 24.2 Å². The van der Waals surface area contributed by atoms with Gasteiger partial charge in [0.25, 0.3) is 17.7 Å². The molecule has 5 aliphatic heterocycles. The molecular formula is C41H48N14O22S2. The van der Waals surface area contributed by atoms with Crippen LogP contribution < -0.4 is 43.9 Å². The van der Waals surface area contributed by atoms with Crippen LogP contribution >= 0.6 is 11.3 Å². The molecule has 6 atom stereocenters. The summed E-state index contributed by atoms with van der Waals surface area (Å²) in [6.45, 7) is -1.41. The fourth-order valence-corrected chi connectivity index (χ4v) is 9.27. The second kappa shape index (κ2) is 25.2. The minimum absolute atomic E-state index is 0.0530. The first-order valence-corrected chi connectivity index (χ1v) is 24.8. The molecule has 0 saturated carbocycles. The largest absolute Gasteiger partial charge is 0.503 e. The maximum atomic E-state index is 13.0. The number of nitrogens with one attached hydrogen (secondary N) is 4. The highest BCUT2D eigenvalue weighted by Crippen LogP contribution is 2.37. The second-order valence-corrected chi connectivity index (χ2v) is 18.7. The number of carboxylic acid groups (broad SMARTS) is 2.